The first-order chi connectivity index (χ1) is 19.1. The second-order valence-electron chi connectivity index (χ2n) is 10.4. The van der Waals surface area contributed by atoms with Crippen LogP contribution in [0.1, 0.15) is 46.3 Å². The van der Waals surface area contributed by atoms with Crippen molar-refractivity contribution in [2.24, 2.45) is 0 Å². The van der Waals surface area contributed by atoms with Crippen LogP contribution in [0.5, 0.6) is 0 Å². The van der Waals surface area contributed by atoms with Crippen LogP contribution in [0.25, 0.3) is 17.2 Å². The van der Waals surface area contributed by atoms with Crippen molar-refractivity contribution in [1.82, 2.24) is 10.2 Å². The summed E-state index contributed by atoms with van der Waals surface area (Å²) in [6, 6.07) is 22.7. The third-order valence-corrected chi connectivity index (χ3v) is 8.23. The zero-order chi connectivity index (χ0) is 28.7. The third-order valence-electron chi connectivity index (χ3n) is 7.25. The molecule has 0 bridgehead atoms. The SMILES string of the molecule is Cc1ccccc1-c1cc(CN2CCCC2C=Cc2ccccc2)ccc1C(=O)NC(CCS(C)(=O)=O)C(=O)O. The lowest BCUT2D eigenvalue weighted by Crippen LogP contribution is -2.42. The molecule has 3 aromatic carbocycles. The first-order valence-electron chi connectivity index (χ1n) is 13.5. The molecule has 0 saturated carbocycles. The highest BCUT2D eigenvalue weighted by molar-refractivity contribution is 7.90. The Morgan fingerprint density at radius 2 is 1.77 bits per heavy atom. The number of benzene rings is 3. The monoisotopic (exact) mass is 560 g/mol. The minimum absolute atomic E-state index is 0.204. The van der Waals surface area contributed by atoms with E-state index in [-0.39, 0.29) is 12.2 Å². The Morgan fingerprint density at radius 1 is 1.05 bits per heavy atom. The zero-order valence-corrected chi connectivity index (χ0v) is 23.7. The van der Waals surface area contributed by atoms with Crippen molar-refractivity contribution in [3.63, 3.8) is 0 Å². The second kappa shape index (κ2) is 13.1. The largest absolute Gasteiger partial charge is 0.480 e. The quantitative estimate of drug-likeness (QED) is 0.344. The van der Waals surface area contributed by atoms with Gasteiger partial charge in [0, 0.05) is 24.4 Å². The number of hydrogen-bond donors (Lipinski definition) is 2. The van der Waals surface area contributed by atoms with Gasteiger partial charge < -0.3 is 10.4 Å². The number of carbonyl (C=O) groups is 2. The summed E-state index contributed by atoms with van der Waals surface area (Å²) in [6.45, 7) is 3.67. The van der Waals surface area contributed by atoms with Crippen LogP contribution in [0.4, 0.5) is 0 Å². The molecule has 0 spiro atoms. The van der Waals surface area contributed by atoms with Gasteiger partial charge in [0.25, 0.3) is 5.91 Å². The van der Waals surface area contributed by atoms with Crippen molar-refractivity contribution in [1.29, 1.82) is 0 Å². The molecular formula is C32H36N2O5S. The molecule has 210 valence electrons. The summed E-state index contributed by atoms with van der Waals surface area (Å²) >= 11 is 0. The summed E-state index contributed by atoms with van der Waals surface area (Å²) in [6.07, 6.45) is 7.46. The highest BCUT2D eigenvalue weighted by atomic mass is 32.2. The number of sulfone groups is 1. The summed E-state index contributed by atoms with van der Waals surface area (Å²) in [4.78, 5) is 27.6. The molecule has 1 heterocycles. The average molecular weight is 561 g/mol. The second-order valence-corrected chi connectivity index (χ2v) is 12.7. The lowest BCUT2D eigenvalue weighted by atomic mass is 9.93. The molecule has 2 N–H and O–H groups in total. The standard InChI is InChI=1S/C32H36N2O5S/c1-23-9-6-7-13-27(23)29-21-25(22-34-19-8-12-26(34)16-14-24-10-4-3-5-11-24)15-17-28(29)31(35)33-30(32(36)37)18-20-40(2,38)39/h3-7,9-11,13-17,21,26,30H,8,12,18-20,22H2,1-2H3,(H,33,35)(H,36,37). The van der Waals surface area contributed by atoms with Gasteiger partial charge in [-0.2, -0.15) is 0 Å². The molecule has 1 amide bonds. The number of likely N-dealkylation sites (tertiary alicyclic amines) is 1. The van der Waals surface area contributed by atoms with Crippen molar-refractivity contribution in [3.8, 4) is 11.1 Å². The van der Waals surface area contributed by atoms with E-state index in [1.165, 1.54) is 5.56 Å². The van der Waals surface area contributed by atoms with Gasteiger partial charge in [0.1, 0.15) is 15.9 Å². The van der Waals surface area contributed by atoms with E-state index >= 15 is 0 Å². The molecule has 40 heavy (non-hydrogen) atoms. The molecule has 1 saturated heterocycles. The average Bonchev–Trinajstić information content (AvgIpc) is 3.36. The van der Waals surface area contributed by atoms with Gasteiger partial charge in [-0.15, -0.1) is 0 Å². The van der Waals surface area contributed by atoms with Crippen LogP contribution in [0.2, 0.25) is 0 Å². The summed E-state index contributed by atoms with van der Waals surface area (Å²) in [5.74, 6) is -2.14. The van der Waals surface area contributed by atoms with Gasteiger partial charge in [-0.05, 0) is 72.7 Å². The predicted octanol–water partition coefficient (Wildman–Crippen LogP) is 4.96. The van der Waals surface area contributed by atoms with Gasteiger partial charge in [0.15, 0.2) is 0 Å². The first-order valence-corrected chi connectivity index (χ1v) is 15.5. The van der Waals surface area contributed by atoms with Crippen molar-refractivity contribution in [2.75, 3.05) is 18.6 Å². The highest BCUT2D eigenvalue weighted by Gasteiger charge is 2.26. The molecule has 3 aromatic rings. The number of rotatable bonds is 11. The van der Waals surface area contributed by atoms with Crippen LogP contribution in [0.3, 0.4) is 0 Å². The Hall–Kier alpha value is -3.75. The molecular weight excluding hydrogens is 524 g/mol. The fourth-order valence-electron chi connectivity index (χ4n) is 5.10. The molecule has 0 aliphatic carbocycles. The lowest BCUT2D eigenvalue weighted by Gasteiger charge is -2.23. The number of aliphatic carboxylic acids is 1. The molecule has 1 aliphatic rings. The molecule has 4 rings (SSSR count). The van der Waals surface area contributed by atoms with Gasteiger partial charge in [0.05, 0.1) is 5.75 Å². The fourth-order valence-corrected chi connectivity index (χ4v) is 5.76. The van der Waals surface area contributed by atoms with E-state index in [4.69, 9.17) is 0 Å². The van der Waals surface area contributed by atoms with E-state index in [0.717, 1.165) is 54.4 Å². The van der Waals surface area contributed by atoms with Gasteiger partial charge in [-0.25, -0.2) is 13.2 Å². The molecule has 2 atom stereocenters. The number of aryl methyl sites for hydroxylation is 1. The van der Waals surface area contributed by atoms with Crippen molar-refractivity contribution in [3.05, 3.63) is 101 Å². The Morgan fingerprint density at radius 3 is 2.48 bits per heavy atom. The first kappa shape index (κ1) is 29.2. The smallest absolute Gasteiger partial charge is 0.326 e. The third kappa shape index (κ3) is 7.90. The van der Waals surface area contributed by atoms with E-state index < -0.39 is 27.8 Å². The van der Waals surface area contributed by atoms with Gasteiger partial charge >= 0.3 is 5.97 Å². The summed E-state index contributed by atoms with van der Waals surface area (Å²) in [5.41, 5.74) is 5.18. The number of nitrogens with zero attached hydrogens (tertiary/aromatic N) is 1. The maximum atomic E-state index is 13.4. The Labute approximate surface area is 236 Å². The molecule has 0 aromatic heterocycles. The Kier molecular flexibility index (Phi) is 9.55. The fraction of sp³-hybridized carbons (Fsp3) is 0.312. The van der Waals surface area contributed by atoms with Crippen LogP contribution >= 0.6 is 0 Å². The Balaban J connectivity index is 1.59. The molecule has 0 radical (unpaired) electrons. The molecule has 1 fully saturated rings. The van der Waals surface area contributed by atoms with Crippen LogP contribution in [0.15, 0.2) is 78.9 Å². The maximum Gasteiger partial charge on any atom is 0.326 e. The van der Waals surface area contributed by atoms with Crippen LogP contribution in [-0.2, 0) is 21.2 Å². The number of carboxylic acids is 1. The summed E-state index contributed by atoms with van der Waals surface area (Å²) in [5, 5.41) is 12.2. The predicted molar refractivity (Wildman–Crippen MR) is 159 cm³/mol. The van der Waals surface area contributed by atoms with Crippen LogP contribution in [0, 0.1) is 6.92 Å². The zero-order valence-electron chi connectivity index (χ0n) is 22.9. The number of nitrogens with one attached hydrogen (secondary N) is 1. The number of carboxylic acid groups (broad SMARTS) is 1. The van der Waals surface area contributed by atoms with Gasteiger partial charge in [0.2, 0.25) is 0 Å². The number of hydrogen-bond acceptors (Lipinski definition) is 5. The number of carbonyl (C=O) groups excluding carboxylic acids is 1. The molecule has 2 unspecified atom stereocenters. The normalized spacial score (nSPS) is 16.7. The van der Waals surface area contributed by atoms with E-state index in [1.807, 2.05) is 61.5 Å². The summed E-state index contributed by atoms with van der Waals surface area (Å²) in [7, 11) is -3.38. The van der Waals surface area contributed by atoms with Crippen molar-refractivity contribution in [2.45, 2.75) is 44.8 Å². The van der Waals surface area contributed by atoms with Crippen LogP contribution in [-0.4, -0.2) is 60.9 Å². The van der Waals surface area contributed by atoms with Crippen LogP contribution < -0.4 is 5.32 Å². The molecule has 8 heteroatoms. The number of amides is 1. The minimum atomic E-state index is -3.38. The van der Waals surface area contributed by atoms with E-state index in [1.54, 1.807) is 6.07 Å². The summed E-state index contributed by atoms with van der Waals surface area (Å²) < 4.78 is 23.2. The molecule has 7 nitrogen and oxygen atoms in total. The van der Waals surface area contributed by atoms with E-state index in [2.05, 4.69) is 34.5 Å². The van der Waals surface area contributed by atoms with Gasteiger partial charge in [-0.1, -0.05) is 72.8 Å². The lowest BCUT2D eigenvalue weighted by molar-refractivity contribution is -0.139. The van der Waals surface area contributed by atoms with Crippen molar-refractivity contribution >= 4 is 27.8 Å². The topological polar surface area (TPSA) is 104 Å². The van der Waals surface area contributed by atoms with E-state index in [0.29, 0.717) is 11.6 Å². The minimum Gasteiger partial charge on any atom is -0.480 e. The van der Waals surface area contributed by atoms with E-state index in [9.17, 15) is 23.1 Å². The molecule has 1 aliphatic heterocycles. The highest BCUT2D eigenvalue weighted by Crippen LogP contribution is 2.30. The van der Waals surface area contributed by atoms with Gasteiger partial charge in [-0.3, -0.25) is 9.69 Å². The van der Waals surface area contributed by atoms with Crippen molar-refractivity contribution < 1.29 is 23.1 Å². The maximum absolute atomic E-state index is 13.4. The Bertz CT molecular complexity index is 1480.